The van der Waals surface area contributed by atoms with Gasteiger partial charge in [-0.15, -0.1) is 0 Å². The van der Waals surface area contributed by atoms with Crippen LogP contribution in [-0.2, 0) is 16.1 Å². The molecule has 5 nitrogen and oxygen atoms in total. The molecule has 1 aromatic heterocycles. The maximum atomic E-state index is 12.9. The summed E-state index contributed by atoms with van der Waals surface area (Å²) in [5, 5.41) is 13.1. The number of hydrogen-bond acceptors (Lipinski definition) is 3. The molecule has 0 bridgehead atoms. The molecule has 2 aliphatic rings. The standard InChI is InChI=1S/C23H24N2O3/c26-16(15-25-21(27)13-23(22(25)28)11-5-6-12-23)14-24-19-9-3-1-7-17(19)18-8-2-4-10-20(18)24/h1-4,7-10,16,26H,5-6,11-15H2/t16-/m0/s1. The normalized spacial score (nSPS) is 20.1. The van der Waals surface area contributed by atoms with Crippen molar-refractivity contribution >= 4 is 33.6 Å². The number of aromatic nitrogens is 1. The summed E-state index contributed by atoms with van der Waals surface area (Å²) in [4.78, 5) is 26.7. The van der Waals surface area contributed by atoms with Crippen molar-refractivity contribution in [2.24, 2.45) is 5.41 Å². The van der Waals surface area contributed by atoms with Crippen molar-refractivity contribution in [3.63, 3.8) is 0 Å². The Labute approximate surface area is 163 Å². The molecule has 28 heavy (non-hydrogen) atoms. The van der Waals surface area contributed by atoms with E-state index in [4.69, 9.17) is 0 Å². The molecule has 2 heterocycles. The number of likely N-dealkylation sites (tertiary alicyclic amines) is 1. The van der Waals surface area contributed by atoms with E-state index in [1.165, 1.54) is 4.90 Å². The van der Waals surface area contributed by atoms with Gasteiger partial charge in [-0.2, -0.15) is 0 Å². The largest absolute Gasteiger partial charge is 0.389 e. The Morgan fingerprint density at radius 1 is 0.893 bits per heavy atom. The van der Waals surface area contributed by atoms with E-state index in [1.54, 1.807) is 0 Å². The van der Waals surface area contributed by atoms with Gasteiger partial charge >= 0.3 is 0 Å². The number of carbonyl (C=O) groups is 2. The summed E-state index contributed by atoms with van der Waals surface area (Å²) >= 11 is 0. The highest BCUT2D eigenvalue weighted by atomic mass is 16.3. The van der Waals surface area contributed by atoms with E-state index in [1.807, 2.05) is 36.4 Å². The van der Waals surface area contributed by atoms with Crippen LogP contribution in [0.4, 0.5) is 0 Å². The van der Waals surface area contributed by atoms with Crippen molar-refractivity contribution in [2.75, 3.05) is 6.54 Å². The molecular formula is C23H24N2O3. The second-order valence-electron chi connectivity index (χ2n) is 8.27. The van der Waals surface area contributed by atoms with Crippen molar-refractivity contribution in [3.05, 3.63) is 48.5 Å². The Balaban J connectivity index is 1.42. The van der Waals surface area contributed by atoms with Crippen LogP contribution in [-0.4, -0.2) is 39.0 Å². The molecule has 0 radical (unpaired) electrons. The van der Waals surface area contributed by atoms with Gasteiger partial charge in [-0.3, -0.25) is 14.5 Å². The first-order valence-electron chi connectivity index (χ1n) is 10.1. The van der Waals surface area contributed by atoms with Gasteiger partial charge in [0.2, 0.25) is 11.8 Å². The second-order valence-corrected chi connectivity index (χ2v) is 8.27. The first-order chi connectivity index (χ1) is 13.6. The quantitative estimate of drug-likeness (QED) is 0.709. The molecule has 2 aromatic carbocycles. The average Bonchev–Trinajstić information content (AvgIpc) is 3.36. The van der Waals surface area contributed by atoms with Gasteiger partial charge < -0.3 is 9.67 Å². The fourth-order valence-electron chi connectivity index (χ4n) is 5.17. The van der Waals surface area contributed by atoms with Gasteiger partial charge in [0.15, 0.2) is 0 Å². The minimum Gasteiger partial charge on any atom is -0.389 e. The van der Waals surface area contributed by atoms with E-state index >= 15 is 0 Å². The first kappa shape index (κ1) is 17.4. The molecule has 1 aliphatic carbocycles. The number of aliphatic hydroxyl groups excluding tert-OH is 1. The fraction of sp³-hybridized carbons (Fsp3) is 0.391. The molecule has 1 N–H and O–H groups in total. The van der Waals surface area contributed by atoms with Crippen LogP contribution in [0.2, 0.25) is 0 Å². The number of amides is 2. The predicted octanol–water partition coefficient (Wildman–Crippen LogP) is 3.47. The molecular weight excluding hydrogens is 352 g/mol. The van der Waals surface area contributed by atoms with Crippen LogP contribution in [0.1, 0.15) is 32.1 Å². The lowest BCUT2D eigenvalue weighted by Crippen LogP contribution is -2.40. The second kappa shape index (κ2) is 6.45. The average molecular weight is 376 g/mol. The van der Waals surface area contributed by atoms with Crippen LogP contribution < -0.4 is 0 Å². The van der Waals surface area contributed by atoms with E-state index in [-0.39, 0.29) is 18.4 Å². The zero-order chi connectivity index (χ0) is 19.3. The summed E-state index contributed by atoms with van der Waals surface area (Å²) in [6.07, 6.45) is 3.14. The summed E-state index contributed by atoms with van der Waals surface area (Å²) in [6.45, 7) is 0.415. The lowest BCUT2D eigenvalue weighted by atomic mass is 9.84. The summed E-state index contributed by atoms with van der Waals surface area (Å²) in [5.41, 5.74) is 1.62. The molecule has 1 aliphatic heterocycles. The van der Waals surface area contributed by atoms with E-state index < -0.39 is 11.5 Å². The fourth-order valence-corrected chi connectivity index (χ4v) is 5.17. The Kier molecular flexibility index (Phi) is 4.02. The van der Waals surface area contributed by atoms with Gasteiger partial charge in [0.25, 0.3) is 0 Å². The van der Waals surface area contributed by atoms with Crippen molar-refractivity contribution < 1.29 is 14.7 Å². The molecule has 0 unspecified atom stereocenters. The monoisotopic (exact) mass is 376 g/mol. The Hall–Kier alpha value is -2.66. The van der Waals surface area contributed by atoms with E-state index in [2.05, 4.69) is 16.7 Å². The first-order valence-corrected chi connectivity index (χ1v) is 10.1. The molecule has 5 heteroatoms. The molecule has 1 saturated heterocycles. The van der Waals surface area contributed by atoms with Crippen molar-refractivity contribution in [2.45, 2.75) is 44.8 Å². The van der Waals surface area contributed by atoms with Crippen LogP contribution in [0, 0.1) is 5.41 Å². The number of hydrogen-bond donors (Lipinski definition) is 1. The topological polar surface area (TPSA) is 62.5 Å². The number of nitrogens with zero attached hydrogens (tertiary/aromatic N) is 2. The Morgan fingerprint density at radius 3 is 2.07 bits per heavy atom. The third-order valence-corrected chi connectivity index (χ3v) is 6.52. The smallest absolute Gasteiger partial charge is 0.235 e. The predicted molar refractivity (Wildman–Crippen MR) is 108 cm³/mol. The van der Waals surface area contributed by atoms with Crippen LogP contribution >= 0.6 is 0 Å². The highest BCUT2D eigenvalue weighted by molar-refractivity contribution is 6.08. The van der Waals surface area contributed by atoms with E-state index in [9.17, 15) is 14.7 Å². The van der Waals surface area contributed by atoms with Gasteiger partial charge in [-0.05, 0) is 25.0 Å². The number of rotatable bonds is 4. The zero-order valence-corrected chi connectivity index (χ0v) is 15.8. The molecule has 3 aromatic rings. The molecule has 2 fully saturated rings. The van der Waals surface area contributed by atoms with Crippen LogP contribution in [0.5, 0.6) is 0 Å². The van der Waals surface area contributed by atoms with Crippen molar-refractivity contribution in [1.29, 1.82) is 0 Å². The summed E-state index contributed by atoms with van der Waals surface area (Å²) in [5.74, 6) is -0.204. The minimum absolute atomic E-state index is 0.0697. The molecule has 1 atom stereocenters. The Bertz CT molecular complexity index is 1020. The zero-order valence-electron chi connectivity index (χ0n) is 15.8. The Morgan fingerprint density at radius 2 is 1.46 bits per heavy atom. The third-order valence-electron chi connectivity index (χ3n) is 6.52. The van der Waals surface area contributed by atoms with Crippen LogP contribution in [0.3, 0.4) is 0 Å². The van der Waals surface area contributed by atoms with Crippen LogP contribution in [0.15, 0.2) is 48.5 Å². The van der Waals surface area contributed by atoms with Gasteiger partial charge in [0.1, 0.15) is 0 Å². The molecule has 1 saturated carbocycles. The van der Waals surface area contributed by atoms with E-state index in [0.717, 1.165) is 47.5 Å². The summed E-state index contributed by atoms with van der Waals surface area (Å²) in [6, 6.07) is 16.2. The van der Waals surface area contributed by atoms with Gasteiger partial charge in [0.05, 0.1) is 24.6 Å². The maximum Gasteiger partial charge on any atom is 0.235 e. The molecule has 5 rings (SSSR count). The number of carbonyl (C=O) groups excluding carboxylic acids is 2. The third kappa shape index (κ3) is 2.57. The number of benzene rings is 2. The van der Waals surface area contributed by atoms with Crippen molar-refractivity contribution in [3.8, 4) is 0 Å². The van der Waals surface area contributed by atoms with Gasteiger partial charge in [0, 0.05) is 28.2 Å². The lowest BCUT2D eigenvalue weighted by molar-refractivity contribution is -0.143. The van der Waals surface area contributed by atoms with Gasteiger partial charge in [-0.1, -0.05) is 49.2 Å². The number of β-amino-alcohol motifs (C(OH)–C–C–N with tert-alkyl or cyclic N) is 1. The summed E-state index contributed by atoms with van der Waals surface area (Å²) < 4.78 is 2.09. The lowest BCUT2D eigenvalue weighted by Gasteiger charge is -2.23. The minimum atomic E-state index is -0.802. The molecule has 144 valence electrons. The number of fused-ring (bicyclic) bond motifs is 3. The van der Waals surface area contributed by atoms with Crippen LogP contribution in [0.25, 0.3) is 21.8 Å². The SMILES string of the molecule is O=C1CC2(CCCC2)C(=O)N1C[C@@H](O)Cn1c2ccccc2c2ccccc21. The summed E-state index contributed by atoms with van der Waals surface area (Å²) in [7, 11) is 0. The molecule has 1 spiro atoms. The highest BCUT2D eigenvalue weighted by Crippen LogP contribution is 2.46. The number of imide groups is 1. The number of aliphatic hydroxyl groups is 1. The number of para-hydroxylation sites is 2. The van der Waals surface area contributed by atoms with E-state index in [0.29, 0.717) is 13.0 Å². The maximum absolute atomic E-state index is 12.9. The van der Waals surface area contributed by atoms with Crippen molar-refractivity contribution in [1.82, 2.24) is 9.47 Å². The van der Waals surface area contributed by atoms with Gasteiger partial charge in [-0.25, -0.2) is 0 Å². The highest BCUT2D eigenvalue weighted by Gasteiger charge is 2.52. The molecule has 2 amide bonds.